The van der Waals surface area contributed by atoms with Crippen molar-refractivity contribution in [3.8, 4) is 0 Å². The van der Waals surface area contributed by atoms with Crippen LogP contribution in [-0.4, -0.2) is 75.6 Å². The van der Waals surface area contributed by atoms with Gasteiger partial charge in [-0.05, 0) is 51.2 Å². The molecule has 1 aliphatic rings. The molecule has 1 fully saturated rings. The second-order valence-corrected chi connectivity index (χ2v) is 13.9. The highest BCUT2D eigenvalue weighted by atomic mass is 32.2. The molecule has 14 heteroatoms. The fraction of sp³-hybridized carbons (Fsp3) is 0.625. The minimum absolute atomic E-state index is 0.0846. The lowest BCUT2D eigenvalue weighted by Crippen LogP contribution is -2.55. The summed E-state index contributed by atoms with van der Waals surface area (Å²) in [6.45, 7) is 7.07. The molecule has 0 saturated carbocycles. The summed E-state index contributed by atoms with van der Waals surface area (Å²) >= 11 is 0. The van der Waals surface area contributed by atoms with Crippen LogP contribution < -0.4 is 16.0 Å². The van der Waals surface area contributed by atoms with E-state index < -0.39 is 61.1 Å². The predicted octanol–water partition coefficient (Wildman–Crippen LogP) is 0.931. The molecule has 1 saturated heterocycles. The molecule has 3 amide bonds. The standard InChI is InChI=1S/C24H37N3O9S2/c1-15(2)12-18(27-23(31)36-14-24(3,4)37(32)17-8-6-5-7-9-17)21(29)26-19(22(30)38(33,34)35)13-16-10-11-25-20(16)28/h5-9,15-16,18-19,22,30H,10-14H2,1-4H3,(H,25,28)(H,26,29)(H,27,31)(H,33,34,35)/t16-,18-,19-,22?,37?/m0/s1. The van der Waals surface area contributed by atoms with E-state index >= 15 is 0 Å². The molecule has 1 aliphatic heterocycles. The van der Waals surface area contributed by atoms with E-state index in [0.717, 1.165) is 0 Å². The molecular formula is C24H37N3O9S2. The lowest BCUT2D eigenvalue weighted by molar-refractivity contribution is -0.126. The molecule has 12 nitrogen and oxygen atoms in total. The summed E-state index contributed by atoms with van der Waals surface area (Å²) in [7, 11) is -6.46. The Bertz CT molecular complexity index is 1110. The molecule has 1 aromatic carbocycles. The minimum atomic E-state index is -4.97. The van der Waals surface area contributed by atoms with E-state index in [1.807, 2.05) is 0 Å². The number of aliphatic hydroxyl groups excluding tert-OH is 1. The van der Waals surface area contributed by atoms with E-state index in [4.69, 9.17) is 4.74 Å². The zero-order valence-corrected chi connectivity index (χ0v) is 23.5. The number of nitrogens with one attached hydrogen (secondary N) is 3. The zero-order chi connectivity index (χ0) is 28.7. The molecule has 0 aliphatic carbocycles. The van der Waals surface area contributed by atoms with Gasteiger partial charge in [0.05, 0.1) is 21.6 Å². The molecule has 0 spiro atoms. The Hall–Kier alpha value is -2.55. The number of hydrogen-bond donors (Lipinski definition) is 5. The molecule has 38 heavy (non-hydrogen) atoms. The van der Waals surface area contributed by atoms with Gasteiger partial charge in [-0.1, -0.05) is 32.0 Å². The van der Waals surface area contributed by atoms with E-state index in [1.54, 1.807) is 58.0 Å². The summed E-state index contributed by atoms with van der Waals surface area (Å²) in [5.74, 6) is -1.94. The van der Waals surface area contributed by atoms with Gasteiger partial charge in [-0.2, -0.15) is 8.42 Å². The molecule has 5 N–H and O–H groups in total. The second-order valence-electron chi connectivity index (χ2n) is 10.3. The van der Waals surface area contributed by atoms with E-state index in [0.29, 0.717) is 17.9 Å². The molecule has 2 unspecified atom stereocenters. The van der Waals surface area contributed by atoms with Crippen LogP contribution in [0.15, 0.2) is 35.2 Å². The molecule has 0 bridgehead atoms. The zero-order valence-electron chi connectivity index (χ0n) is 21.9. The molecule has 0 radical (unpaired) electrons. The highest BCUT2D eigenvalue weighted by Gasteiger charge is 2.38. The third-order valence-corrected chi connectivity index (χ3v) is 8.76. The minimum Gasteiger partial charge on any atom is -0.448 e. The van der Waals surface area contributed by atoms with E-state index in [1.165, 1.54) is 0 Å². The van der Waals surface area contributed by atoms with Gasteiger partial charge in [-0.3, -0.25) is 18.4 Å². The molecule has 1 aromatic rings. The van der Waals surface area contributed by atoms with Gasteiger partial charge in [0.2, 0.25) is 17.3 Å². The van der Waals surface area contributed by atoms with Crippen LogP contribution in [0.3, 0.4) is 0 Å². The normalized spacial score (nSPS) is 19.2. The van der Waals surface area contributed by atoms with Gasteiger partial charge in [-0.25, -0.2) is 4.79 Å². The largest absolute Gasteiger partial charge is 0.448 e. The third kappa shape index (κ3) is 9.33. The molecular weight excluding hydrogens is 538 g/mol. The van der Waals surface area contributed by atoms with E-state index in [2.05, 4.69) is 16.0 Å². The number of carbonyl (C=O) groups is 3. The van der Waals surface area contributed by atoms with Crippen molar-refractivity contribution in [2.45, 2.75) is 74.1 Å². The van der Waals surface area contributed by atoms with Crippen molar-refractivity contribution < 1.29 is 41.4 Å². The first-order valence-corrected chi connectivity index (χ1v) is 14.9. The first kappa shape index (κ1) is 31.7. The van der Waals surface area contributed by atoms with Gasteiger partial charge in [0, 0.05) is 17.4 Å². The van der Waals surface area contributed by atoms with Gasteiger partial charge in [0.15, 0.2) is 0 Å². The van der Waals surface area contributed by atoms with Crippen LogP contribution in [0.5, 0.6) is 0 Å². The second kappa shape index (κ2) is 13.5. The Kier molecular flexibility index (Phi) is 11.2. The number of hydrogen-bond acceptors (Lipinski definition) is 8. The Morgan fingerprint density at radius 3 is 2.37 bits per heavy atom. The topological polar surface area (TPSA) is 188 Å². The van der Waals surface area contributed by atoms with Crippen molar-refractivity contribution in [2.75, 3.05) is 13.2 Å². The van der Waals surface area contributed by atoms with Crippen molar-refractivity contribution in [1.29, 1.82) is 0 Å². The third-order valence-electron chi connectivity index (χ3n) is 6.00. The number of ether oxygens (including phenoxy) is 1. The number of alkyl carbamates (subject to hydrolysis) is 1. The summed E-state index contributed by atoms with van der Waals surface area (Å²) in [5, 5.41) is 17.6. The Labute approximate surface area is 225 Å². The van der Waals surface area contributed by atoms with Crippen molar-refractivity contribution in [3.05, 3.63) is 30.3 Å². The number of aliphatic hydroxyl groups is 1. The van der Waals surface area contributed by atoms with Crippen molar-refractivity contribution in [2.24, 2.45) is 11.8 Å². The van der Waals surface area contributed by atoms with Crippen LogP contribution in [0.25, 0.3) is 0 Å². The van der Waals surface area contributed by atoms with E-state index in [9.17, 15) is 36.7 Å². The van der Waals surface area contributed by atoms with Gasteiger partial charge < -0.3 is 25.8 Å². The predicted molar refractivity (Wildman–Crippen MR) is 140 cm³/mol. The maximum absolute atomic E-state index is 13.1. The first-order chi connectivity index (χ1) is 17.6. The SMILES string of the molecule is CC(C)C[C@H](NC(=O)OCC(C)(C)S(=O)c1ccccc1)C(=O)N[C@@H](C[C@@H]1CCNC1=O)C(O)S(=O)(=O)O. The Morgan fingerprint density at radius 2 is 1.84 bits per heavy atom. The fourth-order valence-electron chi connectivity index (χ4n) is 3.96. The van der Waals surface area contributed by atoms with Gasteiger partial charge in [-0.15, -0.1) is 0 Å². The summed E-state index contributed by atoms with van der Waals surface area (Å²) in [4.78, 5) is 38.2. The highest BCUT2D eigenvalue weighted by molar-refractivity contribution is 7.86. The highest BCUT2D eigenvalue weighted by Crippen LogP contribution is 2.22. The van der Waals surface area contributed by atoms with Crippen LogP contribution >= 0.6 is 0 Å². The number of benzene rings is 1. The molecule has 5 atom stereocenters. The van der Waals surface area contributed by atoms with Crippen molar-refractivity contribution in [1.82, 2.24) is 16.0 Å². The lowest BCUT2D eigenvalue weighted by atomic mass is 9.97. The van der Waals surface area contributed by atoms with Crippen LogP contribution in [0.2, 0.25) is 0 Å². The fourth-order valence-corrected chi connectivity index (χ4v) is 5.76. The van der Waals surface area contributed by atoms with Crippen LogP contribution in [0, 0.1) is 11.8 Å². The summed E-state index contributed by atoms with van der Waals surface area (Å²) in [6, 6.07) is 6.00. The average molecular weight is 576 g/mol. The molecule has 214 valence electrons. The van der Waals surface area contributed by atoms with Crippen LogP contribution in [0.1, 0.15) is 47.0 Å². The summed E-state index contributed by atoms with van der Waals surface area (Å²) in [6.07, 6.45) is -0.690. The number of amides is 3. The quantitative estimate of drug-likeness (QED) is 0.213. The molecule has 2 rings (SSSR count). The van der Waals surface area contributed by atoms with Crippen LogP contribution in [-0.2, 0) is 35.2 Å². The van der Waals surface area contributed by atoms with Gasteiger partial charge in [0.1, 0.15) is 12.6 Å². The van der Waals surface area contributed by atoms with Crippen molar-refractivity contribution in [3.63, 3.8) is 0 Å². The van der Waals surface area contributed by atoms with Crippen LogP contribution in [0.4, 0.5) is 4.79 Å². The van der Waals surface area contributed by atoms with Crippen molar-refractivity contribution >= 4 is 38.8 Å². The molecule has 1 heterocycles. The number of carbonyl (C=O) groups excluding carboxylic acids is 3. The maximum Gasteiger partial charge on any atom is 0.407 e. The lowest BCUT2D eigenvalue weighted by Gasteiger charge is -2.28. The number of rotatable bonds is 13. The Morgan fingerprint density at radius 1 is 1.21 bits per heavy atom. The average Bonchev–Trinajstić information content (AvgIpc) is 3.24. The van der Waals surface area contributed by atoms with E-state index in [-0.39, 0.29) is 31.3 Å². The molecule has 0 aromatic heterocycles. The maximum atomic E-state index is 13.1. The summed E-state index contributed by atoms with van der Waals surface area (Å²) in [5.41, 5.74) is -2.37. The Balaban J connectivity index is 2.09. The first-order valence-electron chi connectivity index (χ1n) is 12.2. The summed E-state index contributed by atoms with van der Waals surface area (Å²) < 4.78 is 49.8. The smallest absolute Gasteiger partial charge is 0.407 e. The monoisotopic (exact) mass is 575 g/mol. The van der Waals surface area contributed by atoms with Gasteiger partial charge >= 0.3 is 6.09 Å². The van der Waals surface area contributed by atoms with Gasteiger partial charge in [0.25, 0.3) is 10.1 Å².